The Hall–Kier alpha value is -1.39. The van der Waals surface area contributed by atoms with Crippen molar-refractivity contribution in [1.29, 1.82) is 0 Å². The number of hydrogen-bond donors (Lipinski definition) is 2. The number of amides is 1. The van der Waals surface area contributed by atoms with Crippen LogP contribution in [-0.4, -0.2) is 41.7 Å². The highest BCUT2D eigenvalue weighted by Crippen LogP contribution is 2.22. The second kappa shape index (κ2) is 6.86. The third kappa shape index (κ3) is 3.38. The van der Waals surface area contributed by atoms with Crippen LogP contribution in [0.4, 0.5) is 5.69 Å². The molecule has 4 heteroatoms. The van der Waals surface area contributed by atoms with Gasteiger partial charge in [-0.15, -0.1) is 0 Å². The van der Waals surface area contributed by atoms with E-state index in [9.17, 15) is 9.90 Å². The van der Waals surface area contributed by atoms with Gasteiger partial charge in [0.1, 0.15) is 0 Å². The van der Waals surface area contributed by atoms with Gasteiger partial charge in [0, 0.05) is 11.7 Å². The molecular weight excluding hydrogens is 252 g/mol. The van der Waals surface area contributed by atoms with Crippen molar-refractivity contribution in [2.24, 2.45) is 0 Å². The van der Waals surface area contributed by atoms with E-state index in [1.165, 1.54) is 5.56 Å². The van der Waals surface area contributed by atoms with Crippen molar-refractivity contribution in [3.05, 3.63) is 29.3 Å². The average molecular weight is 276 g/mol. The monoisotopic (exact) mass is 276 g/mol. The lowest BCUT2D eigenvalue weighted by Gasteiger charge is -2.22. The molecule has 1 aliphatic rings. The summed E-state index contributed by atoms with van der Waals surface area (Å²) in [5, 5.41) is 12.3. The van der Waals surface area contributed by atoms with E-state index in [1.807, 2.05) is 19.1 Å². The number of aryl methyl sites for hydroxylation is 2. The highest BCUT2D eigenvalue weighted by molar-refractivity contribution is 5.93. The highest BCUT2D eigenvalue weighted by Gasteiger charge is 2.25. The predicted octanol–water partition coefficient (Wildman–Crippen LogP) is 1.95. The van der Waals surface area contributed by atoms with Crippen molar-refractivity contribution in [2.45, 2.75) is 39.2 Å². The Labute approximate surface area is 120 Å². The maximum absolute atomic E-state index is 12.2. The fourth-order valence-electron chi connectivity index (χ4n) is 2.88. The zero-order valence-electron chi connectivity index (χ0n) is 12.4. The number of anilines is 1. The van der Waals surface area contributed by atoms with Crippen LogP contribution in [0.2, 0.25) is 0 Å². The first-order valence-corrected chi connectivity index (χ1v) is 7.39. The van der Waals surface area contributed by atoms with E-state index >= 15 is 0 Å². The molecule has 1 aromatic carbocycles. The Kier molecular flexibility index (Phi) is 5.15. The normalized spacial score (nSPS) is 19.2. The second-order valence-corrected chi connectivity index (χ2v) is 5.46. The molecule has 1 atom stereocenters. The Morgan fingerprint density at radius 3 is 3.00 bits per heavy atom. The Morgan fingerprint density at radius 1 is 1.50 bits per heavy atom. The largest absolute Gasteiger partial charge is 0.395 e. The molecule has 1 fully saturated rings. The Morgan fingerprint density at radius 2 is 2.30 bits per heavy atom. The Balaban J connectivity index is 2.01. The van der Waals surface area contributed by atoms with Crippen LogP contribution in [0.5, 0.6) is 0 Å². The lowest BCUT2D eigenvalue weighted by Crippen LogP contribution is -2.38. The van der Waals surface area contributed by atoms with Crippen molar-refractivity contribution in [3.63, 3.8) is 0 Å². The fraction of sp³-hybridized carbons (Fsp3) is 0.562. The molecule has 2 N–H and O–H groups in total. The second-order valence-electron chi connectivity index (χ2n) is 5.46. The molecular formula is C16H24N2O2. The van der Waals surface area contributed by atoms with Crippen LogP contribution in [0.25, 0.3) is 0 Å². The number of carbonyl (C=O) groups excluding carboxylic acids is 1. The summed E-state index contributed by atoms with van der Waals surface area (Å²) in [6.07, 6.45) is 2.94. The van der Waals surface area contributed by atoms with Gasteiger partial charge in [-0.2, -0.15) is 0 Å². The predicted molar refractivity (Wildman–Crippen MR) is 80.9 cm³/mol. The standard InChI is InChI=1S/C16H24N2O2/c1-3-13-7-4-6-12(2)16(13)17-15(20)10-18-9-5-8-14(18)11-19/h4,6-7,14,19H,3,5,8-11H2,1-2H3,(H,17,20). The van der Waals surface area contributed by atoms with Gasteiger partial charge in [-0.05, 0) is 43.9 Å². The summed E-state index contributed by atoms with van der Waals surface area (Å²) in [4.78, 5) is 14.3. The minimum atomic E-state index is 0.00866. The van der Waals surface area contributed by atoms with Crippen molar-refractivity contribution in [3.8, 4) is 0 Å². The quantitative estimate of drug-likeness (QED) is 0.864. The fourth-order valence-corrected chi connectivity index (χ4v) is 2.88. The van der Waals surface area contributed by atoms with Crippen molar-refractivity contribution < 1.29 is 9.90 Å². The first kappa shape index (κ1) is 15.0. The number of likely N-dealkylation sites (tertiary alicyclic amines) is 1. The molecule has 0 radical (unpaired) electrons. The summed E-state index contributed by atoms with van der Waals surface area (Å²) in [5.74, 6) is 0.00866. The highest BCUT2D eigenvalue weighted by atomic mass is 16.3. The summed E-state index contributed by atoms with van der Waals surface area (Å²) in [5.41, 5.74) is 3.20. The third-order valence-corrected chi connectivity index (χ3v) is 4.06. The topological polar surface area (TPSA) is 52.6 Å². The van der Waals surface area contributed by atoms with E-state index in [4.69, 9.17) is 0 Å². The number of carbonyl (C=O) groups is 1. The van der Waals surface area contributed by atoms with Crippen LogP contribution in [0.3, 0.4) is 0 Å². The molecule has 0 bridgehead atoms. The molecule has 0 spiro atoms. The molecule has 1 saturated heterocycles. The number of aliphatic hydroxyl groups excluding tert-OH is 1. The van der Waals surface area contributed by atoms with Crippen LogP contribution in [0, 0.1) is 6.92 Å². The number of benzene rings is 1. The third-order valence-electron chi connectivity index (χ3n) is 4.06. The minimum Gasteiger partial charge on any atom is -0.395 e. The first-order chi connectivity index (χ1) is 9.65. The molecule has 0 saturated carbocycles. The molecule has 1 aliphatic heterocycles. The van der Waals surface area contributed by atoms with E-state index in [0.29, 0.717) is 6.54 Å². The SMILES string of the molecule is CCc1cccc(C)c1NC(=O)CN1CCCC1CO. The van der Waals surface area contributed by atoms with Gasteiger partial charge in [0.05, 0.1) is 13.2 Å². The van der Waals surface area contributed by atoms with Crippen LogP contribution in [0.15, 0.2) is 18.2 Å². The lowest BCUT2D eigenvalue weighted by atomic mass is 10.1. The lowest BCUT2D eigenvalue weighted by molar-refractivity contribution is -0.117. The van der Waals surface area contributed by atoms with Crippen LogP contribution in [-0.2, 0) is 11.2 Å². The molecule has 4 nitrogen and oxygen atoms in total. The molecule has 1 heterocycles. The van der Waals surface area contributed by atoms with Crippen molar-refractivity contribution >= 4 is 11.6 Å². The summed E-state index contributed by atoms with van der Waals surface area (Å²) in [7, 11) is 0. The van der Waals surface area contributed by atoms with Crippen LogP contribution < -0.4 is 5.32 Å². The van der Waals surface area contributed by atoms with Gasteiger partial charge < -0.3 is 10.4 Å². The molecule has 110 valence electrons. The maximum atomic E-state index is 12.2. The zero-order valence-corrected chi connectivity index (χ0v) is 12.4. The Bertz CT molecular complexity index is 474. The molecule has 1 amide bonds. The van der Waals surface area contributed by atoms with E-state index in [-0.39, 0.29) is 18.6 Å². The van der Waals surface area contributed by atoms with Gasteiger partial charge in [0.2, 0.25) is 5.91 Å². The summed E-state index contributed by atoms with van der Waals surface area (Å²) < 4.78 is 0. The molecule has 2 rings (SSSR count). The van der Waals surface area contributed by atoms with Crippen LogP contribution in [0.1, 0.15) is 30.9 Å². The molecule has 1 aromatic rings. The smallest absolute Gasteiger partial charge is 0.238 e. The molecule has 0 aliphatic carbocycles. The van der Waals surface area contributed by atoms with E-state index in [2.05, 4.69) is 23.2 Å². The van der Waals surface area contributed by atoms with E-state index < -0.39 is 0 Å². The molecule has 20 heavy (non-hydrogen) atoms. The van der Waals surface area contributed by atoms with Gasteiger partial charge in [0.15, 0.2) is 0 Å². The number of hydrogen-bond acceptors (Lipinski definition) is 3. The van der Waals surface area contributed by atoms with Gasteiger partial charge in [-0.25, -0.2) is 0 Å². The summed E-state index contributed by atoms with van der Waals surface area (Å²) in [6.45, 7) is 5.50. The van der Waals surface area contributed by atoms with E-state index in [1.54, 1.807) is 0 Å². The zero-order chi connectivity index (χ0) is 14.5. The first-order valence-electron chi connectivity index (χ1n) is 7.39. The average Bonchev–Trinajstić information content (AvgIpc) is 2.88. The van der Waals surface area contributed by atoms with Gasteiger partial charge in [-0.1, -0.05) is 25.1 Å². The number of rotatable bonds is 5. The van der Waals surface area contributed by atoms with Crippen LogP contribution >= 0.6 is 0 Å². The summed E-state index contributed by atoms with van der Waals surface area (Å²) >= 11 is 0. The van der Waals surface area contributed by atoms with Gasteiger partial charge in [0.25, 0.3) is 0 Å². The van der Waals surface area contributed by atoms with E-state index in [0.717, 1.165) is 37.1 Å². The summed E-state index contributed by atoms with van der Waals surface area (Å²) in [6, 6.07) is 6.23. The van der Waals surface area contributed by atoms with Crippen molar-refractivity contribution in [2.75, 3.05) is 25.0 Å². The number of para-hydroxylation sites is 1. The molecule has 0 aromatic heterocycles. The van der Waals surface area contributed by atoms with Gasteiger partial charge in [-0.3, -0.25) is 9.69 Å². The number of nitrogens with zero attached hydrogens (tertiary/aromatic N) is 1. The molecule has 1 unspecified atom stereocenters. The van der Waals surface area contributed by atoms with Crippen molar-refractivity contribution in [1.82, 2.24) is 4.90 Å². The number of aliphatic hydroxyl groups is 1. The maximum Gasteiger partial charge on any atom is 0.238 e. The van der Waals surface area contributed by atoms with Gasteiger partial charge >= 0.3 is 0 Å². The minimum absolute atomic E-state index is 0.00866. The number of nitrogens with one attached hydrogen (secondary N) is 1.